The highest BCUT2D eigenvalue weighted by atomic mass is 16.5. The number of nitrogens with zero attached hydrogens (tertiary/aromatic N) is 3. The molecule has 0 N–H and O–H groups in total. The van der Waals surface area contributed by atoms with Gasteiger partial charge >= 0.3 is 11.7 Å². The van der Waals surface area contributed by atoms with Gasteiger partial charge in [0, 0.05) is 31.4 Å². The number of methoxy groups -OCH3 is 1. The highest BCUT2D eigenvalue weighted by Crippen LogP contribution is 2.32. The van der Waals surface area contributed by atoms with Gasteiger partial charge in [0.05, 0.1) is 7.11 Å². The van der Waals surface area contributed by atoms with Gasteiger partial charge < -0.3 is 4.74 Å². The summed E-state index contributed by atoms with van der Waals surface area (Å²) in [4.78, 5) is 49.9. The lowest BCUT2D eigenvalue weighted by atomic mass is 10.1. The standard InChI is InChI=1S/C17H17N3O5/c1-18-14(21)7-8-19(17(18)24)10-15(22)20-12-6-4-3-5-11(12)9-13(20)16(23)25-2/h3-8,13H,9-10H2,1-2H3/t13-/m0/s1. The first-order chi connectivity index (χ1) is 11.9. The molecule has 0 radical (unpaired) electrons. The van der Waals surface area contributed by atoms with E-state index in [1.165, 1.54) is 31.3 Å². The van der Waals surface area contributed by atoms with Crippen LogP contribution in [0.15, 0.2) is 46.1 Å². The fourth-order valence-electron chi connectivity index (χ4n) is 2.98. The number of fused-ring (bicyclic) bond motifs is 1. The molecule has 1 aliphatic rings. The average Bonchev–Trinajstić information content (AvgIpc) is 3.01. The van der Waals surface area contributed by atoms with Crippen LogP contribution in [-0.4, -0.2) is 34.2 Å². The van der Waals surface area contributed by atoms with Gasteiger partial charge in [0.25, 0.3) is 5.56 Å². The molecule has 1 amide bonds. The third-order valence-electron chi connectivity index (χ3n) is 4.28. The first-order valence-electron chi connectivity index (χ1n) is 7.68. The van der Waals surface area contributed by atoms with Gasteiger partial charge in [-0.05, 0) is 11.6 Å². The molecule has 8 nitrogen and oxygen atoms in total. The van der Waals surface area contributed by atoms with Crippen molar-refractivity contribution in [2.45, 2.75) is 19.0 Å². The fourth-order valence-corrected chi connectivity index (χ4v) is 2.98. The van der Waals surface area contributed by atoms with Crippen molar-refractivity contribution < 1.29 is 14.3 Å². The lowest BCUT2D eigenvalue weighted by Crippen LogP contribution is -2.47. The van der Waals surface area contributed by atoms with Crippen LogP contribution < -0.4 is 16.1 Å². The third-order valence-corrected chi connectivity index (χ3v) is 4.28. The van der Waals surface area contributed by atoms with Gasteiger partial charge in [0.2, 0.25) is 5.91 Å². The highest BCUT2D eigenvalue weighted by molar-refractivity contribution is 6.02. The van der Waals surface area contributed by atoms with E-state index in [1.54, 1.807) is 12.1 Å². The van der Waals surface area contributed by atoms with Crippen molar-refractivity contribution in [2.24, 2.45) is 7.05 Å². The maximum atomic E-state index is 12.8. The van der Waals surface area contributed by atoms with Crippen LogP contribution in [0, 0.1) is 0 Å². The Labute approximate surface area is 142 Å². The normalized spacial score (nSPS) is 15.8. The van der Waals surface area contributed by atoms with Crippen molar-refractivity contribution >= 4 is 17.6 Å². The molecule has 1 atom stereocenters. The molecule has 8 heteroatoms. The van der Waals surface area contributed by atoms with Crippen molar-refractivity contribution in [3.8, 4) is 0 Å². The molecule has 0 aliphatic carbocycles. The summed E-state index contributed by atoms with van der Waals surface area (Å²) in [5.74, 6) is -0.946. The number of hydrogen-bond acceptors (Lipinski definition) is 5. The Morgan fingerprint density at radius 1 is 1.20 bits per heavy atom. The van der Waals surface area contributed by atoms with Crippen molar-refractivity contribution in [2.75, 3.05) is 12.0 Å². The number of ether oxygens (including phenoxy) is 1. The molecule has 130 valence electrons. The zero-order chi connectivity index (χ0) is 18.1. The van der Waals surface area contributed by atoms with E-state index < -0.39 is 29.2 Å². The summed E-state index contributed by atoms with van der Waals surface area (Å²) >= 11 is 0. The molecule has 0 saturated carbocycles. The molecule has 0 bridgehead atoms. The second-order valence-corrected chi connectivity index (χ2v) is 5.76. The molecule has 1 aromatic heterocycles. The molecule has 0 spiro atoms. The number of carbonyl (C=O) groups excluding carboxylic acids is 2. The largest absolute Gasteiger partial charge is 0.467 e. The summed E-state index contributed by atoms with van der Waals surface area (Å²) in [5.41, 5.74) is 0.440. The van der Waals surface area contributed by atoms with Crippen molar-refractivity contribution in [1.82, 2.24) is 9.13 Å². The number of rotatable bonds is 3. The Bertz CT molecular complexity index is 959. The molecule has 1 aromatic carbocycles. The van der Waals surface area contributed by atoms with Gasteiger partial charge in [-0.2, -0.15) is 0 Å². The smallest absolute Gasteiger partial charge is 0.331 e. The monoisotopic (exact) mass is 343 g/mol. The summed E-state index contributed by atoms with van der Waals surface area (Å²) in [6, 6.07) is 7.65. The lowest BCUT2D eigenvalue weighted by molar-refractivity contribution is -0.143. The van der Waals surface area contributed by atoms with Crippen LogP contribution in [0.3, 0.4) is 0 Å². The van der Waals surface area contributed by atoms with Crippen molar-refractivity contribution in [1.29, 1.82) is 0 Å². The highest BCUT2D eigenvalue weighted by Gasteiger charge is 2.38. The summed E-state index contributed by atoms with van der Waals surface area (Å²) in [7, 11) is 2.61. The predicted octanol–water partition coefficient (Wildman–Crippen LogP) is -0.322. The Morgan fingerprint density at radius 3 is 2.64 bits per heavy atom. The zero-order valence-corrected chi connectivity index (χ0v) is 13.8. The van der Waals surface area contributed by atoms with Gasteiger partial charge in [-0.3, -0.25) is 23.6 Å². The quantitative estimate of drug-likeness (QED) is 0.713. The number of benzene rings is 1. The van der Waals surface area contributed by atoms with Crippen LogP contribution in [0.4, 0.5) is 5.69 Å². The second kappa shape index (κ2) is 6.39. The van der Waals surface area contributed by atoms with E-state index in [2.05, 4.69) is 0 Å². The summed E-state index contributed by atoms with van der Waals surface area (Å²) < 4.78 is 6.87. The number of hydrogen-bond donors (Lipinski definition) is 0. The number of carbonyl (C=O) groups is 2. The molecule has 25 heavy (non-hydrogen) atoms. The topological polar surface area (TPSA) is 90.6 Å². The molecule has 0 saturated heterocycles. The maximum absolute atomic E-state index is 12.8. The van der Waals surface area contributed by atoms with Crippen LogP contribution in [0.25, 0.3) is 0 Å². The van der Waals surface area contributed by atoms with Gasteiger partial charge in [-0.1, -0.05) is 18.2 Å². The number of aromatic nitrogens is 2. The lowest BCUT2D eigenvalue weighted by Gasteiger charge is -2.24. The van der Waals surface area contributed by atoms with Crippen molar-refractivity contribution in [3.63, 3.8) is 0 Å². The minimum atomic E-state index is -0.766. The number of para-hydroxylation sites is 1. The first kappa shape index (κ1) is 16.7. The molecule has 3 rings (SSSR count). The first-order valence-corrected chi connectivity index (χ1v) is 7.68. The van der Waals surface area contributed by atoms with E-state index >= 15 is 0 Å². The van der Waals surface area contributed by atoms with Crippen LogP contribution in [0.1, 0.15) is 5.56 Å². The minimum Gasteiger partial charge on any atom is -0.467 e. The Hall–Kier alpha value is -3.16. The van der Waals surface area contributed by atoms with E-state index in [0.717, 1.165) is 14.7 Å². The van der Waals surface area contributed by atoms with Crippen LogP contribution in [0.5, 0.6) is 0 Å². The summed E-state index contributed by atoms with van der Waals surface area (Å²) in [5, 5.41) is 0. The molecule has 0 unspecified atom stereocenters. The van der Waals surface area contributed by atoms with Crippen LogP contribution >= 0.6 is 0 Å². The third kappa shape index (κ3) is 2.86. The number of amides is 1. The molecular weight excluding hydrogens is 326 g/mol. The van der Waals surface area contributed by atoms with Gasteiger partial charge in [-0.25, -0.2) is 9.59 Å². The Balaban J connectivity index is 1.97. The van der Waals surface area contributed by atoms with Crippen molar-refractivity contribution in [3.05, 3.63) is 62.9 Å². The second-order valence-electron chi connectivity index (χ2n) is 5.76. The van der Waals surface area contributed by atoms with Gasteiger partial charge in [0.15, 0.2) is 0 Å². The number of anilines is 1. The van der Waals surface area contributed by atoms with E-state index in [9.17, 15) is 19.2 Å². The van der Waals surface area contributed by atoms with Crippen LogP contribution in [0.2, 0.25) is 0 Å². The zero-order valence-electron chi connectivity index (χ0n) is 13.8. The Morgan fingerprint density at radius 2 is 1.92 bits per heavy atom. The van der Waals surface area contributed by atoms with Crippen LogP contribution in [-0.2, 0) is 34.3 Å². The maximum Gasteiger partial charge on any atom is 0.331 e. The minimum absolute atomic E-state index is 0.283. The van der Waals surface area contributed by atoms with E-state index in [1.807, 2.05) is 12.1 Å². The molecule has 2 heterocycles. The van der Waals surface area contributed by atoms with E-state index in [-0.39, 0.29) is 6.54 Å². The molecule has 1 aliphatic heterocycles. The van der Waals surface area contributed by atoms with E-state index in [4.69, 9.17) is 4.74 Å². The predicted molar refractivity (Wildman–Crippen MR) is 89.4 cm³/mol. The number of esters is 1. The molecule has 2 aromatic rings. The SMILES string of the molecule is COC(=O)[C@@H]1Cc2ccccc2N1C(=O)Cn1ccc(=O)n(C)c1=O. The fraction of sp³-hybridized carbons (Fsp3) is 0.294. The summed E-state index contributed by atoms with van der Waals surface area (Å²) in [6.07, 6.45) is 1.63. The van der Waals surface area contributed by atoms with Gasteiger partial charge in [0.1, 0.15) is 12.6 Å². The summed E-state index contributed by atoms with van der Waals surface area (Å²) in [6.45, 7) is -0.283. The Kier molecular flexibility index (Phi) is 4.26. The van der Waals surface area contributed by atoms with Gasteiger partial charge in [-0.15, -0.1) is 0 Å². The van der Waals surface area contributed by atoms with E-state index in [0.29, 0.717) is 12.1 Å². The molecular formula is C17H17N3O5. The average molecular weight is 343 g/mol. The molecule has 0 fully saturated rings.